The molecule has 0 radical (unpaired) electrons. The largest absolute Gasteiger partial charge is 0.349 e. The number of aromatic nitrogens is 1. The van der Waals surface area contributed by atoms with Gasteiger partial charge in [0.25, 0.3) is 5.91 Å². The van der Waals surface area contributed by atoms with Gasteiger partial charge in [0.2, 0.25) is 0 Å². The van der Waals surface area contributed by atoms with E-state index in [4.69, 9.17) is 0 Å². The first-order valence-corrected chi connectivity index (χ1v) is 8.00. The molecule has 4 nitrogen and oxygen atoms in total. The minimum atomic E-state index is -0.707. The van der Waals surface area contributed by atoms with Crippen molar-refractivity contribution in [2.24, 2.45) is 0 Å². The van der Waals surface area contributed by atoms with Crippen LogP contribution in [0.1, 0.15) is 21.6 Å². The molecule has 2 aromatic carbocycles. The van der Waals surface area contributed by atoms with E-state index in [1.165, 1.54) is 24.4 Å². The van der Waals surface area contributed by atoms with Gasteiger partial charge in [-0.05, 0) is 55.3 Å². The first-order valence-electron chi connectivity index (χ1n) is 8.00. The molecule has 0 fully saturated rings. The summed E-state index contributed by atoms with van der Waals surface area (Å²) in [6.07, 6.45) is 1.35. The van der Waals surface area contributed by atoms with E-state index in [1.807, 2.05) is 32.0 Å². The molecular formula is C20H17F2N3O. The molecule has 26 heavy (non-hydrogen) atoms. The highest BCUT2D eigenvalue weighted by Crippen LogP contribution is 2.23. The maximum atomic E-state index is 13.7. The van der Waals surface area contributed by atoms with Gasteiger partial charge in [0.05, 0.1) is 11.9 Å². The fraction of sp³-hybridized carbons (Fsp3) is 0.100. The molecule has 0 aliphatic rings. The molecule has 0 saturated carbocycles. The number of anilines is 3. The lowest BCUT2D eigenvalue weighted by atomic mass is 10.1. The van der Waals surface area contributed by atoms with Crippen LogP contribution in [0.5, 0.6) is 0 Å². The lowest BCUT2D eigenvalue weighted by Crippen LogP contribution is -2.14. The second-order valence-corrected chi connectivity index (χ2v) is 5.93. The number of amides is 1. The monoisotopic (exact) mass is 353 g/mol. The van der Waals surface area contributed by atoms with Crippen LogP contribution in [0.2, 0.25) is 0 Å². The Kier molecular flexibility index (Phi) is 4.93. The van der Waals surface area contributed by atoms with Crippen LogP contribution in [-0.4, -0.2) is 10.9 Å². The van der Waals surface area contributed by atoms with Crippen LogP contribution in [0.4, 0.5) is 25.8 Å². The van der Waals surface area contributed by atoms with Crippen molar-refractivity contribution in [3.05, 3.63) is 83.2 Å². The van der Waals surface area contributed by atoms with Gasteiger partial charge in [-0.1, -0.05) is 18.2 Å². The molecule has 0 aliphatic heterocycles. The van der Waals surface area contributed by atoms with Crippen molar-refractivity contribution in [2.45, 2.75) is 13.8 Å². The van der Waals surface area contributed by atoms with Crippen molar-refractivity contribution in [1.29, 1.82) is 0 Å². The number of aryl methyl sites for hydroxylation is 2. The summed E-state index contributed by atoms with van der Waals surface area (Å²) in [5, 5.41) is 5.44. The standard InChI is InChI=1S/C20H17F2N3O/c1-12-6-7-13(2)18(10-12)25-20(26)17-9-8-14(11-23-17)24-19-15(21)4-3-5-16(19)22/h3-11,24H,1-2H3,(H,25,26). The summed E-state index contributed by atoms with van der Waals surface area (Å²) in [6.45, 7) is 3.84. The lowest BCUT2D eigenvalue weighted by Gasteiger charge is -2.10. The summed E-state index contributed by atoms with van der Waals surface area (Å²) in [7, 11) is 0. The van der Waals surface area contributed by atoms with E-state index in [9.17, 15) is 13.6 Å². The van der Waals surface area contributed by atoms with Crippen LogP contribution in [0.15, 0.2) is 54.7 Å². The van der Waals surface area contributed by atoms with Crippen LogP contribution < -0.4 is 10.6 Å². The van der Waals surface area contributed by atoms with Crippen molar-refractivity contribution in [3.8, 4) is 0 Å². The van der Waals surface area contributed by atoms with Gasteiger partial charge in [0.1, 0.15) is 23.0 Å². The predicted octanol–water partition coefficient (Wildman–Crippen LogP) is 4.97. The highest BCUT2D eigenvalue weighted by Gasteiger charge is 2.11. The van der Waals surface area contributed by atoms with Crippen molar-refractivity contribution in [1.82, 2.24) is 4.98 Å². The summed E-state index contributed by atoms with van der Waals surface area (Å²) in [5.41, 5.74) is 3.00. The normalized spacial score (nSPS) is 10.5. The molecule has 1 heterocycles. The number of pyridine rings is 1. The van der Waals surface area contributed by atoms with Crippen LogP contribution in [0.25, 0.3) is 0 Å². The van der Waals surface area contributed by atoms with E-state index in [0.29, 0.717) is 11.4 Å². The Labute approximate surface area is 149 Å². The molecule has 132 valence electrons. The van der Waals surface area contributed by atoms with Gasteiger partial charge in [-0.15, -0.1) is 0 Å². The van der Waals surface area contributed by atoms with Crippen molar-refractivity contribution in [2.75, 3.05) is 10.6 Å². The number of nitrogens with one attached hydrogen (secondary N) is 2. The Morgan fingerprint density at radius 1 is 1.00 bits per heavy atom. The van der Waals surface area contributed by atoms with Gasteiger partial charge in [-0.25, -0.2) is 13.8 Å². The number of benzene rings is 2. The molecule has 0 saturated heterocycles. The van der Waals surface area contributed by atoms with E-state index in [-0.39, 0.29) is 17.3 Å². The summed E-state index contributed by atoms with van der Waals surface area (Å²) < 4.78 is 27.3. The number of para-hydroxylation sites is 1. The molecule has 0 aliphatic carbocycles. The predicted molar refractivity (Wildman–Crippen MR) is 97.7 cm³/mol. The number of carbonyl (C=O) groups excluding carboxylic acids is 1. The summed E-state index contributed by atoms with van der Waals surface area (Å²) in [4.78, 5) is 16.4. The third-order valence-electron chi connectivity index (χ3n) is 3.87. The SMILES string of the molecule is Cc1ccc(C)c(NC(=O)c2ccc(Nc3c(F)cccc3F)cn2)c1. The third-order valence-corrected chi connectivity index (χ3v) is 3.87. The smallest absolute Gasteiger partial charge is 0.274 e. The fourth-order valence-corrected chi connectivity index (χ4v) is 2.42. The zero-order valence-electron chi connectivity index (χ0n) is 14.3. The number of rotatable bonds is 4. The number of hydrogen-bond donors (Lipinski definition) is 2. The second-order valence-electron chi connectivity index (χ2n) is 5.93. The number of carbonyl (C=O) groups is 1. The highest BCUT2D eigenvalue weighted by molar-refractivity contribution is 6.03. The summed E-state index contributed by atoms with van der Waals surface area (Å²) >= 11 is 0. The van der Waals surface area contributed by atoms with Gasteiger partial charge < -0.3 is 10.6 Å². The molecule has 0 atom stereocenters. The van der Waals surface area contributed by atoms with Crippen molar-refractivity contribution >= 4 is 23.0 Å². The van der Waals surface area contributed by atoms with Crippen LogP contribution in [0.3, 0.4) is 0 Å². The topological polar surface area (TPSA) is 54.0 Å². The molecule has 2 N–H and O–H groups in total. The van der Waals surface area contributed by atoms with Crippen LogP contribution in [-0.2, 0) is 0 Å². The number of hydrogen-bond acceptors (Lipinski definition) is 3. The van der Waals surface area contributed by atoms with Gasteiger partial charge in [0.15, 0.2) is 0 Å². The summed E-state index contributed by atoms with van der Waals surface area (Å²) in [6, 6.07) is 12.4. The van der Waals surface area contributed by atoms with Gasteiger partial charge in [-0.2, -0.15) is 0 Å². The molecule has 1 amide bonds. The molecule has 1 aromatic heterocycles. The molecule has 3 aromatic rings. The molecule has 0 unspecified atom stereocenters. The molecule has 6 heteroatoms. The van der Waals surface area contributed by atoms with E-state index in [1.54, 1.807) is 0 Å². The summed E-state index contributed by atoms with van der Waals surface area (Å²) in [5.74, 6) is -1.77. The number of nitrogens with zero attached hydrogens (tertiary/aromatic N) is 1. The Balaban J connectivity index is 1.75. The minimum Gasteiger partial charge on any atom is -0.349 e. The maximum Gasteiger partial charge on any atom is 0.274 e. The molecular weight excluding hydrogens is 336 g/mol. The second kappa shape index (κ2) is 7.31. The Morgan fingerprint density at radius 3 is 2.38 bits per heavy atom. The van der Waals surface area contributed by atoms with Crippen LogP contribution >= 0.6 is 0 Å². The van der Waals surface area contributed by atoms with E-state index in [2.05, 4.69) is 15.6 Å². The average Bonchev–Trinajstić information content (AvgIpc) is 2.62. The maximum absolute atomic E-state index is 13.7. The highest BCUT2D eigenvalue weighted by atomic mass is 19.1. The Morgan fingerprint density at radius 2 is 1.73 bits per heavy atom. The lowest BCUT2D eigenvalue weighted by molar-refractivity contribution is 0.102. The van der Waals surface area contributed by atoms with Crippen molar-refractivity contribution in [3.63, 3.8) is 0 Å². The molecule has 0 spiro atoms. The van der Waals surface area contributed by atoms with E-state index in [0.717, 1.165) is 23.3 Å². The Hall–Kier alpha value is -3.28. The minimum absolute atomic E-state index is 0.200. The van der Waals surface area contributed by atoms with E-state index >= 15 is 0 Å². The number of halogens is 2. The fourth-order valence-electron chi connectivity index (χ4n) is 2.42. The average molecular weight is 353 g/mol. The third kappa shape index (κ3) is 3.85. The quantitative estimate of drug-likeness (QED) is 0.696. The zero-order valence-corrected chi connectivity index (χ0v) is 14.3. The first-order chi connectivity index (χ1) is 12.4. The van der Waals surface area contributed by atoms with Crippen molar-refractivity contribution < 1.29 is 13.6 Å². The zero-order chi connectivity index (χ0) is 18.7. The Bertz CT molecular complexity index is 936. The van der Waals surface area contributed by atoms with Crippen LogP contribution in [0, 0.1) is 25.5 Å². The van der Waals surface area contributed by atoms with E-state index < -0.39 is 11.6 Å². The van der Waals surface area contributed by atoms with Gasteiger partial charge >= 0.3 is 0 Å². The molecule has 3 rings (SSSR count). The van der Waals surface area contributed by atoms with Gasteiger partial charge in [0, 0.05) is 5.69 Å². The first kappa shape index (κ1) is 17.5. The molecule has 0 bridgehead atoms. The van der Waals surface area contributed by atoms with Gasteiger partial charge in [-0.3, -0.25) is 4.79 Å².